The Labute approximate surface area is 79.3 Å². The zero-order valence-electron chi connectivity index (χ0n) is 8.24. The maximum atomic E-state index is 11.1. The van der Waals surface area contributed by atoms with E-state index in [0.717, 1.165) is 0 Å². The Bertz CT molecular complexity index is 278. The summed E-state index contributed by atoms with van der Waals surface area (Å²) in [7, 11) is -3.03. The fourth-order valence-corrected chi connectivity index (χ4v) is 3.26. The molecule has 0 aromatic heterocycles. The minimum absolute atomic E-state index is 0.0471. The maximum Gasteiger partial charge on any atom is 0.154 e. The Hall–Kier alpha value is -0.130. The third kappa shape index (κ3) is 3.25. The summed E-state index contributed by atoms with van der Waals surface area (Å²) in [5.74, 6) is -0.0633. The first-order valence-corrected chi connectivity index (χ1v) is 6.18. The lowest BCUT2D eigenvalue weighted by molar-refractivity contribution is 0.150. The third-order valence-corrected chi connectivity index (χ3v) is 3.66. The van der Waals surface area contributed by atoms with Gasteiger partial charge >= 0.3 is 0 Å². The lowest BCUT2D eigenvalue weighted by atomic mass is 10.1. The zero-order valence-corrected chi connectivity index (χ0v) is 9.06. The lowest BCUT2D eigenvalue weighted by Crippen LogP contribution is -2.49. The summed E-state index contributed by atoms with van der Waals surface area (Å²) in [5.41, 5.74) is -0.161. The Morgan fingerprint density at radius 2 is 1.85 bits per heavy atom. The smallest absolute Gasteiger partial charge is 0.154 e. The highest BCUT2D eigenvalue weighted by Gasteiger charge is 2.37. The van der Waals surface area contributed by atoms with Crippen LogP contribution >= 0.6 is 0 Å². The monoisotopic (exact) mass is 207 g/mol. The number of hydrogen-bond acceptors (Lipinski definition) is 4. The van der Waals surface area contributed by atoms with Gasteiger partial charge in [0, 0.05) is 11.6 Å². The highest BCUT2D eigenvalue weighted by atomic mass is 32.2. The normalized spacial score (nSPS) is 33.5. The van der Waals surface area contributed by atoms with Gasteiger partial charge in [-0.25, -0.2) is 8.42 Å². The van der Waals surface area contributed by atoms with Gasteiger partial charge in [-0.15, -0.1) is 0 Å². The molecule has 1 aliphatic heterocycles. The van der Waals surface area contributed by atoms with Gasteiger partial charge in [-0.1, -0.05) is 0 Å². The molecule has 2 atom stereocenters. The standard InChI is InChI=1S/C8H17NO3S/c1-8(2,3)9-6-4-13(11,12)5-7(6)10/h6-7,9-10H,4-5H2,1-3H3/t6-,7-/m1/s1. The zero-order chi connectivity index (χ0) is 10.3. The van der Waals surface area contributed by atoms with Crippen LogP contribution < -0.4 is 5.32 Å². The van der Waals surface area contributed by atoms with E-state index < -0.39 is 15.9 Å². The van der Waals surface area contributed by atoms with Crippen molar-refractivity contribution in [2.45, 2.75) is 38.5 Å². The summed E-state index contributed by atoms with van der Waals surface area (Å²) in [6.45, 7) is 5.85. The van der Waals surface area contributed by atoms with Crippen molar-refractivity contribution in [2.75, 3.05) is 11.5 Å². The number of nitrogens with one attached hydrogen (secondary N) is 1. The van der Waals surface area contributed by atoms with Crippen LogP contribution in [0.1, 0.15) is 20.8 Å². The average Bonchev–Trinajstić information content (AvgIpc) is 2.00. The van der Waals surface area contributed by atoms with Gasteiger partial charge in [0.2, 0.25) is 0 Å². The van der Waals surface area contributed by atoms with Gasteiger partial charge in [-0.3, -0.25) is 0 Å². The Kier molecular flexibility index (Phi) is 2.71. The number of rotatable bonds is 1. The van der Waals surface area contributed by atoms with Gasteiger partial charge < -0.3 is 10.4 Å². The van der Waals surface area contributed by atoms with Crippen molar-refractivity contribution in [3.63, 3.8) is 0 Å². The molecule has 1 rings (SSSR count). The van der Waals surface area contributed by atoms with Crippen molar-refractivity contribution in [2.24, 2.45) is 0 Å². The first-order chi connectivity index (χ1) is 5.70. The van der Waals surface area contributed by atoms with Crippen LogP contribution in [0.4, 0.5) is 0 Å². The van der Waals surface area contributed by atoms with E-state index in [2.05, 4.69) is 5.32 Å². The van der Waals surface area contributed by atoms with Gasteiger partial charge in [0.25, 0.3) is 0 Å². The van der Waals surface area contributed by atoms with Crippen LogP contribution in [0.15, 0.2) is 0 Å². The number of hydrogen-bond donors (Lipinski definition) is 2. The molecule has 1 heterocycles. The molecule has 78 valence electrons. The Morgan fingerprint density at radius 3 is 2.15 bits per heavy atom. The summed E-state index contributed by atoms with van der Waals surface area (Å²) >= 11 is 0. The second-order valence-corrected chi connectivity index (χ2v) is 6.80. The van der Waals surface area contributed by atoms with Crippen molar-refractivity contribution in [3.8, 4) is 0 Å². The van der Waals surface area contributed by atoms with Gasteiger partial charge in [-0.2, -0.15) is 0 Å². The topological polar surface area (TPSA) is 66.4 Å². The van der Waals surface area contributed by atoms with Crippen LogP contribution in [0.5, 0.6) is 0 Å². The first-order valence-electron chi connectivity index (χ1n) is 4.36. The predicted molar refractivity (Wildman–Crippen MR) is 51.3 cm³/mol. The highest BCUT2D eigenvalue weighted by molar-refractivity contribution is 7.91. The number of aliphatic hydroxyl groups excluding tert-OH is 1. The molecule has 2 N–H and O–H groups in total. The van der Waals surface area contributed by atoms with E-state index in [-0.39, 0.29) is 23.1 Å². The fourth-order valence-electron chi connectivity index (χ4n) is 1.52. The van der Waals surface area contributed by atoms with Gasteiger partial charge in [0.05, 0.1) is 17.6 Å². The van der Waals surface area contributed by atoms with Crippen LogP contribution in [0.2, 0.25) is 0 Å². The van der Waals surface area contributed by atoms with Crippen molar-refractivity contribution in [1.82, 2.24) is 5.32 Å². The molecular weight excluding hydrogens is 190 g/mol. The van der Waals surface area contributed by atoms with Gasteiger partial charge in [0.15, 0.2) is 9.84 Å². The number of sulfone groups is 1. The van der Waals surface area contributed by atoms with Gasteiger partial charge in [-0.05, 0) is 20.8 Å². The Balaban J connectivity index is 2.64. The maximum absolute atomic E-state index is 11.1. The first kappa shape index (κ1) is 10.9. The SMILES string of the molecule is CC(C)(C)N[C@@H]1CS(=O)(=O)C[C@H]1O. The molecule has 0 saturated carbocycles. The molecule has 0 spiro atoms. The van der Waals surface area contributed by atoms with Crippen molar-refractivity contribution >= 4 is 9.84 Å². The summed E-state index contributed by atoms with van der Waals surface area (Å²) in [4.78, 5) is 0. The largest absolute Gasteiger partial charge is 0.390 e. The summed E-state index contributed by atoms with van der Waals surface area (Å²) in [6.07, 6.45) is -0.760. The molecule has 1 fully saturated rings. The van der Waals surface area contributed by atoms with Crippen molar-refractivity contribution in [3.05, 3.63) is 0 Å². The molecule has 13 heavy (non-hydrogen) atoms. The fraction of sp³-hybridized carbons (Fsp3) is 1.00. The van der Waals surface area contributed by atoms with E-state index in [9.17, 15) is 13.5 Å². The molecule has 1 aliphatic rings. The highest BCUT2D eigenvalue weighted by Crippen LogP contribution is 2.15. The summed E-state index contributed by atoms with van der Waals surface area (Å²) in [5, 5.41) is 12.5. The van der Waals surface area contributed by atoms with E-state index in [4.69, 9.17) is 0 Å². The van der Waals surface area contributed by atoms with Crippen LogP contribution in [0.25, 0.3) is 0 Å². The molecule has 0 radical (unpaired) electrons. The van der Waals surface area contributed by atoms with Gasteiger partial charge in [0.1, 0.15) is 0 Å². The predicted octanol–water partition coefficient (Wildman–Crippen LogP) is -0.468. The molecule has 0 amide bonds. The molecular formula is C8H17NO3S. The molecule has 5 heteroatoms. The second-order valence-electron chi connectivity index (χ2n) is 4.65. The second kappa shape index (κ2) is 3.22. The Morgan fingerprint density at radius 1 is 1.31 bits per heavy atom. The molecule has 0 bridgehead atoms. The molecule has 0 aliphatic carbocycles. The van der Waals surface area contributed by atoms with Crippen molar-refractivity contribution < 1.29 is 13.5 Å². The molecule has 0 aromatic carbocycles. The van der Waals surface area contributed by atoms with E-state index in [1.807, 2.05) is 20.8 Å². The lowest BCUT2D eigenvalue weighted by Gasteiger charge is -2.26. The third-order valence-electron chi connectivity index (χ3n) is 1.94. The number of aliphatic hydroxyl groups is 1. The molecule has 4 nitrogen and oxygen atoms in total. The van der Waals surface area contributed by atoms with E-state index in [0.29, 0.717) is 0 Å². The summed E-state index contributed by atoms with van der Waals surface area (Å²) < 4.78 is 22.3. The molecule has 1 saturated heterocycles. The van der Waals surface area contributed by atoms with Crippen LogP contribution in [-0.4, -0.2) is 42.7 Å². The summed E-state index contributed by atoms with van der Waals surface area (Å²) in [6, 6.07) is -0.315. The van der Waals surface area contributed by atoms with Crippen molar-refractivity contribution in [1.29, 1.82) is 0 Å². The molecule has 0 unspecified atom stereocenters. The quantitative estimate of drug-likeness (QED) is 0.610. The minimum atomic E-state index is -3.03. The van der Waals surface area contributed by atoms with E-state index in [1.54, 1.807) is 0 Å². The minimum Gasteiger partial charge on any atom is -0.390 e. The van der Waals surface area contributed by atoms with Crippen LogP contribution in [0.3, 0.4) is 0 Å². The molecule has 0 aromatic rings. The van der Waals surface area contributed by atoms with E-state index in [1.165, 1.54) is 0 Å². The van der Waals surface area contributed by atoms with Crippen LogP contribution in [0, 0.1) is 0 Å². The van der Waals surface area contributed by atoms with E-state index >= 15 is 0 Å². The average molecular weight is 207 g/mol. The van der Waals surface area contributed by atoms with Crippen LogP contribution in [-0.2, 0) is 9.84 Å².